The zero-order valence-electron chi connectivity index (χ0n) is 14.0. The summed E-state index contributed by atoms with van der Waals surface area (Å²) in [4.78, 5) is 18.5. The van der Waals surface area contributed by atoms with Gasteiger partial charge in [-0.05, 0) is 24.1 Å². The number of pyridine rings is 1. The van der Waals surface area contributed by atoms with Gasteiger partial charge in [0.15, 0.2) is 0 Å². The van der Waals surface area contributed by atoms with Gasteiger partial charge in [-0.15, -0.1) is 0 Å². The highest BCUT2D eigenvalue weighted by atomic mass is 16.1. The maximum atomic E-state index is 12.0. The summed E-state index contributed by atoms with van der Waals surface area (Å²) in [6.45, 7) is 3.66. The molecule has 1 heterocycles. The van der Waals surface area contributed by atoms with Gasteiger partial charge >= 0.3 is 0 Å². The number of hydrogen-bond acceptors (Lipinski definition) is 3. The second-order valence-electron chi connectivity index (χ2n) is 5.71. The van der Waals surface area contributed by atoms with Gasteiger partial charge in [0.05, 0.1) is 5.56 Å². The van der Waals surface area contributed by atoms with Crippen LogP contribution in [0.3, 0.4) is 0 Å². The first-order valence-electron chi connectivity index (χ1n) is 8.20. The Bertz CT molecular complexity index is 596. The number of benzene rings is 1. The predicted molar refractivity (Wildman–Crippen MR) is 94.6 cm³/mol. The van der Waals surface area contributed by atoms with Crippen molar-refractivity contribution in [1.82, 2.24) is 10.3 Å². The summed E-state index contributed by atoms with van der Waals surface area (Å²) in [6.07, 6.45) is 4.96. The fraction of sp³-hybridized carbons (Fsp3) is 0.368. The van der Waals surface area contributed by atoms with Gasteiger partial charge < -0.3 is 10.2 Å². The SMILES string of the molecule is CCCCCNC(=O)c1ccc(N(C)Cc2ccccc2)nc1. The molecule has 0 unspecified atom stereocenters. The molecule has 4 heteroatoms. The van der Waals surface area contributed by atoms with E-state index in [4.69, 9.17) is 0 Å². The molecule has 122 valence electrons. The third-order valence-electron chi connectivity index (χ3n) is 3.73. The Morgan fingerprint density at radius 3 is 2.57 bits per heavy atom. The number of aromatic nitrogens is 1. The van der Waals surface area contributed by atoms with E-state index in [0.717, 1.165) is 38.2 Å². The van der Waals surface area contributed by atoms with E-state index in [1.54, 1.807) is 6.20 Å². The molecule has 0 bridgehead atoms. The molecule has 2 aromatic rings. The molecule has 0 spiro atoms. The largest absolute Gasteiger partial charge is 0.355 e. The summed E-state index contributed by atoms with van der Waals surface area (Å²) in [5, 5.41) is 2.93. The number of carbonyl (C=O) groups is 1. The number of unbranched alkanes of at least 4 members (excludes halogenated alkanes) is 2. The maximum absolute atomic E-state index is 12.0. The maximum Gasteiger partial charge on any atom is 0.252 e. The van der Waals surface area contributed by atoms with Crippen molar-refractivity contribution < 1.29 is 4.79 Å². The van der Waals surface area contributed by atoms with Crippen LogP contribution in [0.25, 0.3) is 0 Å². The van der Waals surface area contributed by atoms with Crippen molar-refractivity contribution in [3.63, 3.8) is 0 Å². The van der Waals surface area contributed by atoms with Crippen LogP contribution in [-0.2, 0) is 6.54 Å². The highest BCUT2D eigenvalue weighted by molar-refractivity contribution is 5.94. The molecule has 0 fully saturated rings. The number of nitrogens with one attached hydrogen (secondary N) is 1. The molecular weight excluding hydrogens is 286 g/mol. The summed E-state index contributed by atoms with van der Waals surface area (Å²) >= 11 is 0. The van der Waals surface area contributed by atoms with Crippen LogP contribution in [0.4, 0.5) is 5.82 Å². The molecule has 4 nitrogen and oxygen atoms in total. The number of hydrogen-bond donors (Lipinski definition) is 1. The molecule has 0 aliphatic carbocycles. The van der Waals surface area contributed by atoms with E-state index in [9.17, 15) is 4.79 Å². The lowest BCUT2D eigenvalue weighted by Gasteiger charge is -2.18. The lowest BCUT2D eigenvalue weighted by molar-refractivity contribution is 0.0952. The van der Waals surface area contributed by atoms with Gasteiger partial charge in [-0.3, -0.25) is 4.79 Å². The summed E-state index contributed by atoms with van der Waals surface area (Å²) in [5.74, 6) is 0.808. The van der Waals surface area contributed by atoms with E-state index in [1.807, 2.05) is 37.4 Å². The average Bonchev–Trinajstić information content (AvgIpc) is 2.59. The van der Waals surface area contributed by atoms with Gasteiger partial charge in [-0.1, -0.05) is 50.1 Å². The van der Waals surface area contributed by atoms with Gasteiger partial charge in [0.25, 0.3) is 5.91 Å². The topological polar surface area (TPSA) is 45.2 Å². The van der Waals surface area contributed by atoms with Gasteiger partial charge in [-0.25, -0.2) is 4.98 Å². The summed E-state index contributed by atoms with van der Waals surface area (Å²) in [6, 6.07) is 14.0. The number of rotatable bonds is 8. The lowest BCUT2D eigenvalue weighted by atomic mass is 10.2. The Morgan fingerprint density at radius 2 is 1.91 bits per heavy atom. The molecule has 1 aromatic heterocycles. The van der Waals surface area contributed by atoms with Crippen molar-refractivity contribution in [2.45, 2.75) is 32.7 Å². The van der Waals surface area contributed by atoms with Crippen LogP contribution in [-0.4, -0.2) is 24.5 Å². The molecule has 0 radical (unpaired) electrons. The van der Waals surface area contributed by atoms with E-state index < -0.39 is 0 Å². The van der Waals surface area contributed by atoms with E-state index in [2.05, 4.69) is 34.3 Å². The minimum absolute atomic E-state index is 0.0501. The van der Waals surface area contributed by atoms with Crippen LogP contribution >= 0.6 is 0 Å². The molecule has 0 atom stereocenters. The van der Waals surface area contributed by atoms with Gasteiger partial charge in [0, 0.05) is 26.3 Å². The first kappa shape index (κ1) is 17.0. The van der Waals surface area contributed by atoms with E-state index in [1.165, 1.54) is 5.56 Å². The van der Waals surface area contributed by atoms with Gasteiger partial charge in [0.1, 0.15) is 5.82 Å². The monoisotopic (exact) mass is 311 g/mol. The predicted octanol–water partition coefficient (Wildman–Crippen LogP) is 3.64. The molecule has 1 aromatic carbocycles. The zero-order valence-corrected chi connectivity index (χ0v) is 14.0. The minimum atomic E-state index is -0.0501. The summed E-state index contributed by atoms with van der Waals surface area (Å²) in [5.41, 5.74) is 1.84. The molecule has 0 aliphatic rings. The van der Waals surface area contributed by atoms with Crippen molar-refractivity contribution >= 4 is 11.7 Å². The molecule has 2 rings (SSSR count). The molecule has 0 aliphatic heterocycles. The van der Waals surface area contributed by atoms with E-state index in [0.29, 0.717) is 5.56 Å². The van der Waals surface area contributed by atoms with Crippen molar-refractivity contribution in [3.8, 4) is 0 Å². The van der Waals surface area contributed by atoms with Crippen molar-refractivity contribution in [2.75, 3.05) is 18.5 Å². The molecular formula is C19H25N3O. The third-order valence-corrected chi connectivity index (χ3v) is 3.73. The molecule has 23 heavy (non-hydrogen) atoms. The highest BCUT2D eigenvalue weighted by Crippen LogP contribution is 2.13. The summed E-state index contributed by atoms with van der Waals surface area (Å²) < 4.78 is 0. The number of amides is 1. The number of anilines is 1. The molecule has 0 saturated carbocycles. The van der Waals surface area contributed by atoms with Crippen LogP contribution < -0.4 is 10.2 Å². The fourth-order valence-corrected chi connectivity index (χ4v) is 2.36. The van der Waals surface area contributed by atoms with Crippen LogP contribution in [0.5, 0.6) is 0 Å². The Kier molecular flexibility index (Phi) is 6.60. The summed E-state index contributed by atoms with van der Waals surface area (Å²) in [7, 11) is 2.00. The molecule has 1 N–H and O–H groups in total. The second kappa shape index (κ2) is 8.93. The van der Waals surface area contributed by atoms with Crippen LogP contribution in [0.2, 0.25) is 0 Å². The van der Waals surface area contributed by atoms with Crippen molar-refractivity contribution in [1.29, 1.82) is 0 Å². The number of carbonyl (C=O) groups excluding carboxylic acids is 1. The Labute approximate surface area is 138 Å². The van der Waals surface area contributed by atoms with Crippen LogP contribution in [0.1, 0.15) is 42.1 Å². The minimum Gasteiger partial charge on any atom is -0.355 e. The van der Waals surface area contributed by atoms with Crippen LogP contribution in [0.15, 0.2) is 48.7 Å². The van der Waals surface area contributed by atoms with Crippen LogP contribution in [0, 0.1) is 0 Å². The molecule has 0 saturated heterocycles. The normalized spacial score (nSPS) is 10.3. The fourth-order valence-electron chi connectivity index (χ4n) is 2.36. The second-order valence-corrected chi connectivity index (χ2v) is 5.71. The molecule has 1 amide bonds. The first-order chi connectivity index (χ1) is 11.2. The highest BCUT2D eigenvalue weighted by Gasteiger charge is 2.08. The van der Waals surface area contributed by atoms with E-state index in [-0.39, 0.29) is 5.91 Å². The lowest BCUT2D eigenvalue weighted by Crippen LogP contribution is -2.25. The zero-order chi connectivity index (χ0) is 16.5. The quantitative estimate of drug-likeness (QED) is 0.757. The first-order valence-corrected chi connectivity index (χ1v) is 8.20. The third kappa shape index (κ3) is 5.40. The number of nitrogens with zero attached hydrogens (tertiary/aromatic N) is 2. The Balaban J connectivity index is 1.89. The van der Waals surface area contributed by atoms with Gasteiger partial charge in [-0.2, -0.15) is 0 Å². The van der Waals surface area contributed by atoms with Crippen molar-refractivity contribution in [2.24, 2.45) is 0 Å². The Hall–Kier alpha value is -2.36. The Morgan fingerprint density at radius 1 is 1.13 bits per heavy atom. The average molecular weight is 311 g/mol. The van der Waals surface area contributed by atoms with Gasteiger partial charge in [0.2, 0.25) is 0 Å². The van der Waals surface area contributed by atoms with Crippen molar-refractivity contribution in [3.05, 3.63) is 59.8 Å². The smallest absolute Gasteiger partial charge is 0.252 e. The standard InChI is InChI=1S/C19H25N3O/c1-3-4-8-13-20-19(23)17-11-12-18(21-14-17)22(2)15-16-9-6-5-7-10-16/h5-7,9-12,14H,3-4,8,13,15H2,1-2H3,(H,20,23). The van der Waals surface area contributed by atoms with E-state index >= 15 is 0 Å².